The van der Waals surface area contributed by atoms with E-state index in [1.807, 2.05) is 0 Å². The molecule has 1 aliphatic carbocycles. The first kappa shape index (κ1) is 14.0. The molecule has 1 N–H and O–H groups in total. The van der Waals surface area contributed by atoms with E-state index in [0.717, 1.165) is 13.0 Å². The second kappa shape index (κ2) is 6.22. The van der Waals surface area contributed by atoms with Crippen LogP contribution < -0.4 is 10.1 Å². The van der Waals surface area contributed by atoms with Gasteiger partial charge >= 0.3 is 0 Å². The van der Waals surface area contributed by atoms with Gasteiger partial charge < -0.3 is 14.5 Å². The first-order valence-electron chi connectivity index (χ1n) is 7.16. The summed E-state index contributed by atoms with van der Waals surface area (Å²) in [5.41, 5.74) is 0.297. The highest BCUT2D eigenvalue weighted by Gasteiger charge is 2.19. The summed E-state index contributed by atoms with van der Waals surface area (Å²) in [4.78, 5) is 0. The molecule has 0 spiro atoms. The second-order valence-corrected chi connectivity index (χ2v) is 5.18. The van der Waals surface area contributed by atoms with Crippen LogP contribution in [-0.4, -0.2) is 29.9 Å². The fourth-order valence-electron chi connectivity index (χ4n) is 2.09. The molecule has 0 aliphatic heterocycles. The van der Waals surface area contributed by atoms with Gasteiger partial charge in [-0.15, -0.1) is 10.2 Å². The van der Waals surface area contributed by atoms with Crippen molar-refractivity contribution in [2.24, 2.45) is 0 Å². The largest absolute Gasteiger partial charge is 0.497 e. The number of aromatic nitrogens is 2. The zero-order valence-corrected chi connectivity index (χ0v) is 11.9. The molecular weight excluding hydrogens is 273 g/mol. The fourth-order valence-corrected chi connectivity index (χ4v) is 2.09. The van der Waals surface area contributed by atoms with Gasteiger partial charge in [-0.25, -0.2) is 4.39 Å². The molecule has 5 nitrogen and oxygen atoms in total. The third-order valence-corrected chi connectivity index (χ3v) is 3.45. The van der Waals surface area contributed by atoms with Crippen LogP contribution >= 0.6 is 0 Å². The highest BCUT2D eigenvalue weighted by atomic mass is 19.1. The zero-order chi connectivity index (χ0) is 14.7. The summed E-state index contributed by atoms with van der Waals surface area (Å²) in [5, 5.41) is 11.3. The Bertz CT molecular complexity index is 611. The second-order valence-electron chi connectivity index (χ2n) is 5.18. The highest BCUT2D eigenvalue weighted by molar-refractivity contribution is 5.55. The third-order valence-electron chi connectivity index (χ3n) is 3.45. The van der Waals surface area contributed by atoms with Crippen LogP contribution in [0.2, 0.25) is 0 Å². The molecule has 1 fully saturated rings. The van der Waals surface area contributed by atoms with Gasteiger partial charge in [0.2, 0.25) is 5.89 Å². The maximum absolute atomic E-state index is 13.9. The predicted octanol–water partition coefficient (Wildman–Crippen LogP) is 2.57. The maximum Gasteiger partial charge on any atom is 0.250 e. The van der Waals surface area contributed by atoms with E-state index in [1.54, 1.807) is 12.1 Å². The molecule has 21 heavy (non-hydrogen) atoms. The third kappa shape index (κ3) is 3.58. The molecule has 0 saturated heterocycles. The van der Waals surface area contributed by atoms with Crippen molar-refractivity contribution in [2.45, 2.75) is 31.7 Å². The molecule has 6 heteroatoms. The van der Waals surface area contributed by atoms with Crippen LogP contribution in [0.1, 0.15) is 25.2 Å². The number of nitrogens with one attached hydrogen (secondary N) is 1. The van der Waals surface area contributed by atoms with Gasteiger partial charge in [-0.1, -0.05) is 0 Å². The molecule has 0 unspecified atom stereocenters. The van der Waals surface area contributed by atoms with Gasteiger partial charge in [0.1, 0.15) is 11.6 Å². The minimum Gasteiger partial charge on any atom is -0.497 e. The number of methoxy groups -OCH3 is 1. The van der Waals surface area contributed by atoms with Crippen LogP contribution in [0.4, 0.5) is 4.39 Å². The SMILES string of the molecule is COc1ccc(-c2nnc(CCCNC3CC3)o2)c(F)c1. The smallest absolute Gasteiger partial charge is 0.250 e. The van der Waals surface area contributed by atoms with Gasteiger partial charge in [-0.2, -0.15) is 0 Å². The Balaban J connectivity index is 1.60. The normalized spacial score (nSPS) is 14.4. The van der Waals surface area contributed by atoms with Crippen molar-refractivity contribution in [1.82, 2.24) is 15.5 Å². The molecule has 0 amide bonds. The standard InChI is InChI=1S/C15H18FN3O2/c1-20-11-6-7-12(13(16)9-11)15-19-18-14(21-15)3-2-8-17-10-4-5-10/h6-7,9-10,17H,2-5,8H2,1H3. The summed E-state index contributed by atoms with van der Waals surface area (Å²) in [5.74, 6) is 0.778. The summed E-state index contributed by atoms with van der Waals surface area (Å²) in [7, 11) is 1.49. The fraction of sp³-hybridized carbons (Fsp3) is 0.467. The predicted molar refractivity (Wildman–Crippen MR) is 75.6 cm³/mol. The van der Waals surface area contributed by atoms with E-state index in [-0.39, 0.29) is 5.89 Å². The summed E-state index contributed by atoms with van der Waals surface area (Å²) in [6, 6.07) is 5.26. The van der Waals surface area contributed by atoms with Crippen LogP contribution in [0.15, 0.2) is 22.6 Å². The first-order valence-corrected chi connectivity index (χ1v) is 7.16. The molecule has 1 saturated carbocycles. The average Bonchev–Trinajstić information content (AvgIpc) is 3.21. The van der Waals surface area contributed by atoms with E-state index in [0.29, 0.717) is 29.7 Å². The maximum atomic E-state index is 13.9. The van der Waals surface area contributed by atoms with Crippen LogP contribution in [0.5, 0.6) is 5.75 Å². The lowest BCUT2D eigenvalue weighted by atomic mass is 10.2. The lowest BCUT2D eigenvalue weighted by molar-refractivity contribution is 0.411. The van der Waals surface area contributed by atoms with Crippen molar-refractivity contribution < 1.29 is 13.5 Å². The Labute approximate surface area is 122 Å². The Hall–Kier alpha value is -1.95. The van der Waals surface area contributed by atoms with Crippen molar-refractivity contribution in [3.8, 4) is 17.2 Å². The van der Waals surface area contributed by atoms with Crippen LogP contribution in [0.3, 0.4) is 0 Å². The van der Waals surface area contributed by atoms with E-state index in [4.69, 9.17) is 9.15 Å². The van der Waals surface area contributed by atoms with Crippen molar-refractivity contribution >= 4 is 0 Å². The number of nitrogens with zero attached hydrogens (tertiary/aromatic N) is 2. The number of hydrogen-bond acceptors (Lipinski definition) is 5. The molecule has 1 heterocycles. The van der Waals surface area contributed by atoms with Crippen molar-refractivity contribution in [3.05, 3.63) is 29.9 Å². The number of benzene rings is 1. The van der Waals surface area contributed by atoms with Crippen molar-refractivity contribution in [1.29, 1.82) is 0 Å². The number of hydrogen-bond donors (Lipinski definition) is 1. The average molecular weight is 291 g/mol. The van der Waals surface area contributed by atoms with Crippen LogP contribution in [0.25, 0.3) is 11.5 Å². The Kier molecular flexibility index (Phi) is 4.15. The minimum absolute atomic E-state index is 0.209. The quantitative estimate of drug-likeness (QED) is 0.794. The number of rotatable bonds is 7. The van der Waals surface area contributed by atoms with Gasteiger partial charge in [0.25, 0.3) is 5.89 Å². The summed E-state index contributed by atoms with van der Waals surface area (Å²) in [6.45, 7) is 0.944. The monoisotopic (exact) mass is 291 g/mol. The molecule has 2 aromatic rings. The van der Waals surface area contributed by atoms with Crippen molar-refractivity contribution in [2.75, 3.05) is 13.7 Å². The zero-order valence-electron chi connectivity index (χ0n) is 11.9. The van der Waals surface area contributed by atoms with Gasteiger partial charge in [0.05, 0.1) is 12.7 Å². The van der Waals surface area contributed by atoms with Crippen molar-refractivity contribution in [3.63, 3.8) is 0 Å². The topological polar surface area (TPSA) is 60.2 Å². The molecular formula is C15H18FN3O2. The molecule has 3 rings (SSSR count). The summed E-state index contributed by atoms with van der Waals surface area (Å²) >= 11 is 0. The Morgan fingerprint density at radius 3 is 2.95 bits per heavy atom. The van der Waals surface area contributed by atoms with Gasteiger partial charge in [-0.3, -0.25) is 0 Å². The first-order chi connectivity index (χ1) is 10.3. The number of halogens is 1. The summed E-state index contributed by atoms with van der Waals surface area (Å²) < 4.78 is 24.4. The lowest BCUT2D eigenvalue weighted by Gasteiger charge is -2.02. The molecule has 1 aromatic heterocycles. The van der Waals surface area contributed by atoms with Crippen LogP contribution in [-0.2, 0) is 6.42 Å². The molecule has 0 bridgehead atoms. The Morgan fingerprint density at radius 2 is 2.24 bits per heavy atom. The Morgan fingerprint density at radius 1 is 1.38 bits per heavy atom. The molecule has 0 radical (unpaired) electrons. The molecule has 1 aliphatic rings. The molecule has 112 valence electrons. The summed E-state index contributed by atoms with van der Waals surface area (Å²) in [6.07, 6.45) is 4.19. The molecule has 1 aromatic carbocycles. The van der Waals surface area contributed by atoms with Gasteiger partial charge in [0.15, 0.2) is 0 Å². The van der Waals surface area contributed by atoms with Gasteiger partial charge in [0, 0.05) is 18.5 Å². The van der Waals surface area contributed by atoms with Gasteiger partial charge in [-0.05, 0) is 37.9 Å². The number of aryl methyl sites for hydroxylation is 1. The van der Waals surface area contributed by atoms with E-state index < -0.39 is 5.82 Å². The van der Waals surface area contributed by atoms with E-state index in [1.165, 1.54) is 26.0 Å². The van der Waals surface area contributed by atoms with E-state index in [9.17, 15) is 4.39 Å². The highest BCUT2D eigenvalue weighted by Crippen LogP contribution is 2.25. The molecule has 0 atom stereocenters. The van der Waals surface area contributed by atoms with Crippen LogP contribution in [0, 0.1) is 5.82 Å². The van der Waals surface area contributed by atoms with E-state index in [2.05, 4.69) is 15.5 Å². The van der Waals surface area contributed by atoms with E-state index >= 15 is 0 Å². The lowest BCUT2D eigenvalue weighted by Crippen LogP contribution is -2.17. The number of ether oxygens (including phenoxy) is 1. The minimum atomic E-state index is -0.431.